The van der Waals surface area contributed by atoms with Crippen LogP contribution < -0.4 is 19.1 Å². The van der Waals surface area contributed by atoms with Gasteiger partial charge in [0.2, 0.25) is 5.75 Å². The standard InChI is InChI=1S/C27H20F2N2O6S/c1-35-18-10-14(11-19(36-2)25(18)37-3)22-21(23(32)13-4-6-15(28)7-5-13)24(33)26(34)31(22)27-30-17-9-8-16(29)12-20(17)38-27/h4-12,22,32H,1-3H3/t22-/m1/s1. The van der Waals surface area contributed by atoms with Gasteiger partial charge in [0.1, 0.15) is 17.4 Å². The molecule has 11 heteroatoms. The molecule has 1 fully saturated rings. The van der Waals surface area contributed by atoms with Crippen molar-refractivity contribution in [2.24, 2.45) is 0 Å². The maximum Gasteiger partial charge on any atom is 0.301 e. The zero-order chi connectivity index (χ0) is 27.1. The average Bonchev–Trinajstić information content (AvgIpc) is 3.45. The number of aliphatic hydroxyl groups excluding tert-OH is 1. The van der Waals surface area contributed by atoms with E-state index in [1.54, 1.807) is 12.1 Å². The van der Waals surface area contributed by atoms with Crippen LogP contribution in [0.2, 0.25) is 0 Å². The Bertz CT molecular complexity index is 1590. The zero-order valence-corrected chi connectivity index (χ0v) is 21.1. The van der Waals surface area contributed by atoms with E-state index in [1.165, 1.54) is 51.7 Å². The third-order valence-corrected chi connectivity index (χ3v) is 7.13. The van der Waals surface area contributed by atoms with Gasteiger partial charge in [0.25, 0.3) is 5.78 Å². The van der Waals surface area contributed by atoms with Crippen molar-refractivity contribution in [3.8, 4) is 17.2 Å². The number of anilines is 1. The van der Waals surface area contributed by atoms with Crippen molar-refractivity contribution in [2.45, 2.75) is 6.04 Å². The molecule has 1 aliphatic rings. The Kier molecular flexibility index (Phi) is 6.45. The molecule has 1 N–H and O–H groups in total. The Morgan fingerprint density at radius 1 is 0.921 bits per heavy atom. The highest BCUT2D eigenvalue weighted by Crippen LogP contribution is 2.48. The largest absolute Gasteiger partial charge is 0.507 e. The first-order valence-corrected chi connectivity index (χ1v) is 12.0. The Labute approximate surface area is 219 Å². The number of Topliss-reactive ketones (excluding diaryl/α,β-unsaturated/α-hetero) is 1. The topological polar surface area (TPSA) is 98.2 Å². The number of carbonyl (C=O) groups excluding carboxylic acids is 2. The quantitative estimate of drug-likeness (QED) is 0.204. The van der Waals surface area contributed by atoms with Crippen LogP contribution in [0.25, 0.3) is 16.0 Å². The first-order chi connectivity index (χ1) is 18.3. The van der Waals surface area contributed by atoms with E-state index in [0.717, 1.165) is 28.4 Å². The maximum absolute atomic E-state index is 13.9. The van der Waals surface area contributed by atoms with Crippen LogP contribution in [0.3, 0.4) is 0 Å². The summed E-state index contributed by atoms with van der Waals surface area (Å²) in [6.45, 7) is 0. The molecule has 1 aliphatic heterocycles. The zero-order valence-electron chi connectivity index (χ0n) is 20.3. The molecule has 1 amide bonds. The van der Waals surface area contributed by atoms with E-state index in [0.29, 0.717) is 15.8 Å². The fourth-order valence-electron chi connectivity index (χ4n) is 4.36. The Balaban J connectivity index is 1.78. The number of rotatable bonds is 6. The van der Waals surface area contributed by atoms with E-state index >= 15 is 0 Å². The van der Waals surface area contributed by atoms with Crippen LogP contribution in [0.1, 0.15) is 17.2 Å². The summed E-state index contributed by atoms with van der Waals surface area (Å²) in [5.41, 5.74) is 0.651. The minimum Gasteiger partial charge on any atom is -0.507 e. The number of hydrogen-bond donors (Lipinski definition) is 1. The number of aromatic nitrogens is 1. The monoisotopic (exact) mass is 538 g/mol. The van der Waals surface area contributed by atoms with Crippen molar-refractivity contribution in [3.63, 3.8) is 0 Å². The molecule has 194 valence electrons. The first-order valence-electron chi connectivity index (χ1n) is 11.2. The predicted octanol–water partition coefficient (Wildman–Crippen LogP) is 5.23. The molecule has 0 bridgehead atoms. The number of halogens is 2. The van der Waals surface area contributed by atoms with Crippen LogP contribution in [-0.2, 0) is 9.59 Å². The predicted molar refractivity (Wildman–Crippen MR) is 137 cm³/mol. The summed E-state index contributed by atoms with van der Waals surface area (Å²) in [7, 11) is 4.26. The highest BCUT2D eigenvalue weighted by atomic mass is 32.1. The molecule has 0 aliphatic carbocycles. The van der Waals surface area contributed by atoms with Gasteiger partial charge in [0.05, 0.1) is 43.2 Å². The van der Waals surface area contributed by atoms with Gasteiger partial charge >= 0.3 is 5.91 Å². The van der Waals surface area contributed by atoms with Crippen LogP contribution in [-0.4, -0.2) is 43.1 Å². The summed E-state index contributed by atoms with van der Waals surface area (Å²) in [4.78, 5) is 32.4. The van der Waals surface area contributed by atoms with Gasteiger partial charge in [-0.05, 0) is 60.2 Å². The highest BCUT2D eigenvalue weighted by molar-refractivity contribution is 7.22. The molecule has 3 aromatic carbocycles. The molecular formula is C27H20F2N2O6S. The molecule has 2 heterocycles. The van der Waals surface area contributed by atoms with E-state index in [1.807, 2.05) is 0 Å². The highest BCUT2D eigenvalue weighted by Gasteiger charge is 2.48. The number of thiazole rings is 1. The van der Waals surface area contributed by atoms with Crippen molar-refractivity contribution < 1.29 is 37.7 Å². The van der Waals surface area contributed by atoms with Gasteiger partial charge in [-0.25, -0.2) is 13.8 Å². The molecule has 4 aromatic rings. The summed E-state index contributed by atoms with van der Waals surface area (Å²) < 4.78 is 44.2. The van der Waals surface area contributed by atoms with Crippen molar-refractivity contribution in [3.05, 3.63) is 82.9 Å². The number of fused-ring (bicyclic) bond motifs is 1. The fraction of sp³-hybridized carbons (Fsp3) is 0.148. The van der Waals surface area contributed by atoms with Crippen molar-refractivity contribution in [1.82, 2.24) is 4.98 Å². The van der Waals surface area contributed by atoms with Gasteiger partial charge < -0.3 is 19.3 Å². The number of ether oxygens (including phenoxy) is 3. The van der Waals surface area contributed by atoms with Gasteiger partial charge in [0, 0.05) is 5.56 Å². The lowest BCUT2D eigenvalue weighted by Gasteiger charge is -2.24. The van der Waals surface area contributed by atoms with Crippen LogP contribution in [0, 0.1) is 11.6 Å². The van der Waals surface area contributed by atoms with Gasteiger partial charge in [-0.15, -0.1) is 0 Å². The second-order valence-corrected chi connectivity index (χ2v) is 9.25. The van der Waals surface area contributed by atoms with Gasteiger partial charge in [-0.3, -0.25) is 14.5 Å². The number of aliphatic hydroxyl groups is 1. The number of methoxy groups -OCH3 is 3. The Morgan fingerprint density at radius 2 is 1.55 bits per heavy atom. The van der Waals surface area contributed by atoms with Crippen LogP contribution in [0.5, 0.6) is 17.2 Å². The lowest BCUT2D eigenvalue weighted by atomic mass is 9.94. The third kappa shape index (κ3) is 4.10. The summed E-state index contributed by atoms with van der Waals surface area (Å²) >= 11 is 1.01. The molecule has 0 saturated carbocycles. The lowest BCUT2D eigenvalue weighted by molar-refractivity contribution is -0.132. The third-order valence-electron chi connectivity index (χ3n) is 6.11. The van der Waals surface area contributed by atoms with Crippen molar-refractivity contribution >= 4 is 44.1 Å². The molecule has 1 saturated heterocycles. The molecule has 0 unspecified atom stereocenters. The van der Waals surface area contributed by atoms with Gasteiger partial charge in [-0.2, -0.15) is 0 Å². The van der Waals surface area contributed by atoms with Crippen LogP contribution in [0.15, 0.2) is 60.2 Å². The lowest BCUT2D eigenvalue weighted by Crippen LogP contribution is -2.29. The number of amides is 1. The first kappa shape index (κ1) is 25.2. The normalized spacial score (nSPS) is 16.8. The molecule has 1 atom stereocenters. The van der Waals surface area contributed by atoms with E-state index in [-0.39, 0.29) is 33.5 Å². The number of hydrogen-bond acceptors (Lipinski definition) is 8. The van der Waals surface area contributed by atoms with Gasteiger partial charge in [0.15, 0.2) is 16.6 Å². The average molecular weight is 539 g/mol. The Hall–Kier alpha value is -4.51. The number of carbonyl (C=O) groups is 2. The van der Waals surface area contributed by atoms with E-state index in [9.17, 15) is 23.5 Å². The minimum atomic E-state index is -1.18. The second-order valence-electron chi connectivity index (χ2n) is 8.24. The number of benzene rings is 3. The fourth-order valence-corrected chi connectivity index (χ4v) is 5.37. The van der Waals surface area contributed by atoms with Crippen molar-refractivity contribution in [1.29, 1.82) is 0 Å². The van der Waals surface area contributed by atoms with Crippen LogP contribution >= 0.6 is 11.3 Å². The molecule has 0 radical (unpaired) electrons. The number of nitrogens with zero attached hydrogens (tertiary/aromatic N) is 2. The molecule has 8 nitrogen and oxygen atoms in total. The maximum atomic E-state index is 13.9. The smallest absolute Gasteiger partial charge is 0.301 e. The van der Waals surface area contributed by atoms with Crippen LogP contribution in [0.4, 0.5) is 13.9 Å². The Morgan fingerprint density at radius 3 is 2.16 bits per heavy atom. The number of ketones is 1. The molecule has 1 aromatic heterocycles. The SMILES string of the molecule is COc1cc([C@@H]2C(=C(O)c3ccc(F)cc3)C(=O)C(=O)N2c2nc3ccc(F)cc3s2)cc(OC)c1OC. The summed E-state index contributed by atoms with van der Waals surface area (Å²) in [5, 5.41) is 11.3. The van der Waals surface area contributed by atoms with E-state index in [2.05, 4.69) is 4.98 Å². The molecular weight excluding hydrogens is 518 g/mol. The molecule has 0 spiro atoms. The summed E-state index contributed by atoms with van der Waals surface area (Å²) in [5.74, 6) is -2.66. The second kappa shape index (κ2) is 9.75. The van der Waals surface area contributed by atoms with Gasteiger partial charge in [-0.1, -0.05) is 11.3 Å². The van der Waals surface area contributed by atoms with E-state index in [4.69, 9.17) is 14.2 Å². The minimum absolute atomic E-state index is 0.115. The molecule has 5 rings (SSSR count). The van der Waals surface area contributed by atoms with Crippen molar-refractivity contribution in [2.75, 3.05) is 26.2 Å². The van der Waals surface area contributed by atoms with E-state index < -0.39 is 35.1 Å². The summed E-state index contributed by atoms with van der Waals surface area (Å²) in [6, 6.07) is 10.8. The summed E-state index contributed by atoms with van der Waals surface area (Å²) in [6.07, 6.45) is 0. The molecule has 38 heavy (non-hydrogen) atoms.